The number of hydrogen-bond acceptors (Lipinski definition) is 3. The van der Waals surface area contributed by atoms with Gasteiger partial charge in [0.2, 0.25) is 0 Å². The van der Waals surface area contributed by atoms with Gasteiger partial charge in [-0.3, -0.25) is 9.78 Å². The van der Waals surface area contributed by atoms with Gasteiger partial charge in [0.05, 0.1) is 18.8 Å². The average molecular weight is 353 g/mol. The Morgan fingerprint density at radius 2 is 1.96 bits per heavy atom. The first-order chi connectivity index (χ1) is 12.7. The summed E-state index contributed by atoms with van der Waals surface area (Å²) in [7, 11) is 0. The highest BCUT2D eigenvalue weighted by atomic mass is 16.1. The number of amides is 1. The van der Waals surface area contributed by atoms with Crippen LogP contribution in [0.2, 0.25) is 0 Å². The molecule has 1 heterocycles. The number of aromatic nitrogens is 1. The van der Waals surface area contributed by atoms with Gasteiger partial charge in [-0.25, -0.2) is 4.99 Å². The Morgan fingerprint density at radius 3 is 2.69 bits per heavy atom. The molecule has 0 fully saturated rings. The number of nitrogens with zero attached hydrogens (tertiary/aromatic N) is 2. The molecule has 0 saturated heterocycles. The van der Waals surface area contributed by atoms with E-state index in [1.165, 1.54) is 0 Å². The van der Waals surface area contributed by atoms with Gasteiger partial charge in [0, 0.05) is 24.8 Å². The first-order valence-corrected chi connectivity index (χ1v) is 9.02. The van der Waals surface area contributed by atoms with Gasteiger partial charge >= 0.3 is 0 Å². The fourth-order valence-corrected chi connectivity index (χ4v) is 2.34. The van der Waals surface area contributed by atoms with E-state index in [1.54, 1.807) is 6.20 Å². The maximum absolute atomic E-state index is 12.1. The van der Waals surface area contributed by atoms with Crippen molar-refractivity contribution < 1.29 is 4.79 Å². The van der Waals surface area contributed by atoms with Crippen LogP contribution in [0.25, 0.3) is 0 Å². The zero-order valence-electron chi connectivity index (χ0n) is 15.5. The zero-order chi connectivity index (χ0) is 18.6. The van der Waals surface area contributed by atoms with Crippen LogP contribution < -0.4 is 16.0 Å². The lowest BCUT2D eigenvalue weighted by Gasteiger charge is -2.11. The predicted molar refractivity (Wildman–Crippen MR) is 105 cm³/mol. The smallest absolute Gasteiger partial charge is 0.251 e. The number of carbonyl (C=O) groups excluding carboxylic acids is 1. The van der Waals surface area contributed by atoms with Gasteiger partial charge in [0.25, 0.3) is 5.91 Å². The molecule has 138 valence electrons. The van der Waals surface area contributed by atoms with Crippen LogP contribution in [0.5, 0.6) is 0 Å². The second kappa shape index (κ2) is 10.9. The number of hydrogen-bond donors (Lipinski definition) is 3. The minimum Gasteiger partial charge on any atom is -0.357 e. The Morgan fingerprint density at radius 1 is 1.08 bits per heavy atom. The first-order valence-electron chi connectivity index (χ1n) is 9.02. The molecule has 1 amide bonds. The van der Waals surface area contributed by atoms with E-state index < -0.39 is 0 Å². The summed E-state index contributed by atoms with van der Waals surface area (Å²) in [6.45, 7) is 6.61. The number of benzene rings is 1. The second-order valence-electron chi connectivity index (χ2n) is 5.83. The number of guanidine groups is 1. The van der Waals surface area contributed by atoms with Crippen LogP contribution in [-0.4, -0.2) is 29.9 Å². The molecule has 26 heavy (non-hydrogen) atoms. The van der Waals surface area contributed by atoms with Crippen molar-refractivity contribution in [3.8, 4) is 0 Å². The van der Waals surface area contributed by atoms with Crippen LogP contribution >= 0.6 is 0 Å². The van der Waals surface area contributed by atoms with Gasteiger partial charge in [-0.2, -0.15) is 0 Å². The maximum Gasteiger partial charge on any atom is 0.251 e. The van der Waals surface area contributed by atoms with E-state index in [2.05, 4.69) is 25.9 Å². The molecular weight excluding hydrogens is 326 g/mol. The molecule has 1 aromatic heterocycles. The molecule has 3 N–H and O–H groups in total. The van der Waals surface area contributed by atoms with Gasteiger partial charge in [0.15, 0.2) is 5.96 Å². The highest BCUT2D eigenvalue weighted by Crippen LogP contribution is 2.07. The molecule has 0 bridgehead atoms. The summed E-state index contributed by atoms with van der Waals surface area (Å²) in [6.07, 6.45) is 2.69. The first kappa shape index (κ1) is 19.4. The van der Waals surface area contributed by atoms with Gasteiger partial charge in [-0.1, -0.05) is 25.1 Å². The van der Waals surface area contributed by atoms with Crippen LogP contribution in [0.3, 0.4) is 0 Å². The summed E-state index contributed by atoms with van der Waals surface area (Å²) in [5.74, 6) is 0.678. The molecule has 2 rings (SSSR count). The summed E-state index contributed by atoms with van der Waals surface area (Å²) in [5, 5.41) is 9.38. The topological polar surface area (TPSA) is 78.4 Å². The fourth-order valence-electron chi connectivity index (χ4n) is 2.34. The Kier molecular flexibility index (Phi) is 8.12. The van der Waals surface area contributed by atoms with Crippen LogP contribution in [0.1, 0.15) is 41.9 Å². The quantitative estimate of drug-likeness (QED) is 0.503. The van der Waals surface area contributed by atoms with Crippen molar-refractivity contribution in [2.45, 2.75) is 33.4 Å². The molecule has 0 aliphatic carbocycles. The summed E-state index contributed by atoms with van der Waals surface area (Å²) >= 11 is 0. The van der Waals surface area contributed by atoms with Gasteiger partial charge in [0.1, 0.15) is 0 Å². The number of rotatable bonds is 8. The van der Waals surface area contributed by atoms with E-state index in [0.29, 0.717) is 25.2 Å². The van der Waals surface area contributed by atoms with E-state index in [1.807, 2.05) is 56.3 Å². The van der Waals surface area contributed by atoms with Gasteiger partial charge < -0.3 is 16.0 Å². The van der Waals surface area contributed by atoms with Crippen molar-refractivity contribution in [1.82, 2.24) is 20.9 Å². The van der Waals surface area contributed by atoms with Crippen LogP contribution in [-0.2, 0) is 13.1 Å². The Hall–Kier alpha value is -2.89. The van der Waals surface area contributed by atoms with Crippen molar-refractivity contribution in [3.63, 3.8) is 0 Å². The summed E-state index contributed by atoms with van der Waals surface area (Å²) in [6, 6.07) is 13.4. The molecule has 2 aromatic rings. The largest absolute Gasteiger partial charge is 0.357 e. The monoisotopic (exact) mass is 353 g/mol. The highest BCUT2D eigenvalue weighted by molar-refractivity contribution is 5.94. The van der Waals surface area contributed by atoms with Crippen LogP contribution in [0.15, 0.2) is 53.7 Å². The van der Waals surface area contributed by atoms with E-state index >= 15 is 0 Å². The van der Waals surface area contributed by atoms with Crippen molar-refractivity contribution in [1.29, 1.82) is 0 Å². The molecule has 0 aliphatic rings. The number of pyridine rings is 1. The highest BCUT2D eigenvalue weighted by Gasteiger charge is 2.05. The lowest BCUT2D eigenvalue weighted by Crippen LogP contribution is -2.37. The Balaban J connectivity index is 1.98. The van der Waals surface area contributed by atoms with Crippen molar-refractivity contribution >= 4 is 11.9 Å². The molecule has 0 saturated carbocycles. The van der Waals surface area contributed by atoms with E-state index in [4.69, 9.17) is 0 Å². The zero-order valence-corrected chi connectivity index (χ0v) is 15.5. The predicted octanol–water partition coefficient (Wildman–Crippen LogP) is 2.48. The molecule has 6 nitrogen and oxygen atoms in total. The minimum absolute atomic E-state index is 0.0436. The van der Waals surface area contributed by atoms with E-state index in [-0.39, 0.29) is 5.91 Å². The van der Waals surface area contributed by atoms with Crippen molar-refractivity contribution in [2.24, 2.45) is 4.99 Å². The van der Waals surface area contributed by atoms with Gasteiger partial charge in [-0.05, 0) is 43.2 Å². The molecule has 0 atom stereocenters. The Labute approximate surface area is 155 Å². The number of aliphatic imine (C=N–C) groups is 1. The van der Waals surface area contributed by atoms with E-state index in [0.717, 1.165) is 30.2 Å². The third-order valence-corrected chi connectivity index (χ3v) is 3.65. The third kappa shape index (κ3) is 6.55. The summed E-state index contributed by atoms with van der Waals surface area (Å²) in [4.78, 5) is 21.0. The van der Waals surface area contributed by atoms with Crippen LogP contribution in [0, 0.1) is 0 Å². The molecular formula is C20H27N5O. The number of nitrogens with one attached hydrogen (secondary N) is 3. The summed E-state index contributed by atoms with van der Waals surface area (Å²) in [5.41, 5.74) is 2.61. The molecule has 0 spiro atoms. The molecule has 0 aliphatic heterocycles. The number of carbonyl (C=O) groups is 1. The standard InChI is InChI=1S/C20H27N5O/c1-3-11-23-19(26)17-9-7-8-16(13-17)14-24-20(21-4-2)25-15-18-10-5-6-12-22-18/h5-10,12-13H,3-4,11,14-15H2,1-2H3,(H,23,26)(H2,21,24,25). The maximum atomic E-state index is 12.1. The fraction of sp³-hybridized carbons (Fsp3) is 0.350. The van der Waals surface area contributed by atoms with E-state index in [9.17, 15) is 4.79 Å². The average Bonchev–Trinajstić information content (AvgIpc) is 2.69. The van der Waals surface area contributed by atoms with Crippen molar-refractivity contribution in [3.05, 3.63) is 65.5 Å². The lowest BCUT2D eigenvalue weighted by atomic mass is 10.1. The SMILES string of the molecule is CCCNC(=O)c1cccc(CN=C(NCC)NCc2ccccn2)c1. The molecule has 6 heteroatoms. The molecule has 0 unspecified atom stereocenters. The minimum atomic E-state index is -0.0436. The van der Waals surface area contributed by atoms with Crippen LogP contribution in [0.4, 0.5) is 0 Å². The summed E-state index contributed by atoms with van der Waals surface area (Å²) < 4.78 is 0. The van der Waals surface area contributed by atoms with Crippen molar-refractivity contribution in [2.75, 3.05) is 13.1 Å². The normalized spacial score (nSPS) is 11.1. The molecule has 0 radical (unpaired) electrons. The molecule has 1 aromatic carbocycles. The Bertz CT molecular complexity index is 715. The second-order valence-corrected chi connectivity index (χ2v) is 5.83. The third-order valence-electron chi connectivity index (χ3n) is 3.65. The lowest BCUT2D eigenvalue weighted by molar-refractivity contribution is 0.0953. The van der Waals surface area contributed by atoms with Gasteiger partial charge in [-0.15, -0.1) is 0 Å².